The molecule has 0 radical (unpaired) electrons. The number of rotatable bonds is 4. The number of benzene rings is 2. The lowest BCUT2D eigenvalue weighted by Gasteiger charge is -2.44. The maximum Gasteiger partial charge on any atom is 0.137 e. The van der Waals surface area contributed by atoms with Crippen molar-refractivity contribution in [2.45, 2.75) is 32.9 Å². The predicted molar refractivity (Wildman–Crippen MR) is 103 cm³/mol. The molecular weight excluding hydrogens is 376 g/mol. The molecule has 4 heteroatoms. The highest BCUT2D eigenvalue weighted by Crippen LogP contribution is 2.35. The monoisotopic (exact) mass is 398 g/mol. The van der Waals surface area contributed by atoms with Gasteiger partial charge in [-0.15, -0.1) is 0 Å². The largest absolute Gasteiger partial charge is 0.488 e. The average molecular weight is 399 g/mol. The summed E-state index contributed by atoms with van der Waals surface area (Å²) in [6.45, 7) is 7.45. The van der Waals surface area contributed by atoms with Crippen molar-refractivity contribution in [1.82, 2.24) is 4.90 Å². The number of ether oxygens (including phenoxy) is 1. The summed E-state index contributed by atoms with van der Waals surface area (Å²) in [7, 11) is 0. The van der Waals surface area contributed by atoms with Crippen molar-refractivity contribution in [2.24, 2.45) is 5.41 Å². The van der Waals surface area contributed by atoms with Crippen LogP contribution in [0.2, 0.25) is 0 Å². The number of hydrogen-bond acceptors (Lipinski definition) is 3. The molecule has 1 atom stereocenters. The third-order valence-corrected chi connectivity index (χ3v) is 5.28. The summed E-state index contributed by atoms with van der Waals surface area (Å²) in [5.41, 5.74) is 1.95. The van der Waals surface area contributed by atoms with E-state index in [2.05, 4.69) is 71.1 Å². The molecule has 0 aromatic heterocycles. The molecule has 0 aliphatic carbocycles. The van der Waals surface area contributed by atoms with E-state index in [1.165, 1.54) is 5.56 Å². The van der Waals surface area contributed by atoms with Crippen LogP contribution >= 0.6 is 15.9 Å². The molecule has 3 rings (SSSR count). The smallest absolute Gasteiger partial charge is 0.137 e. The van der Waals surface area contributed by atoms with Gasteiger partial charge in [-0.25, -0.2) is 0 Å². The number of piperidine rings is 1. The molecule has 1 heterocycles. The van der Waals surface area contributed by atoms with Gasteiger partial charge in [0.1, 0.15) is 17.9 Å². The molecule has 0 saturated carbocycles. The maximum atomic E-state index is 9.35. The van der Waals surface area contributed by atoms with Gasteiger partial charge >= 0.3 is 0 Å². The molecule has 2 aromatic carbocycles. The van der Waals surface area contributed by atoms with Crippen molar-refractivity contribution in [3.05, 3.63) is 64.1 Å². The minimum atomic E-state index is 0.0207. The Balaban J connectivity index is 1.68. The van der Waals surface area contributed by atoms with Crippen LogP contribution < -0.4 is 4.74 Å². The fourth-order valence-corrected chi connectivity index (χ4v) is 3.85. The van der Waals surface area contributed by atoms with E-state index in [4.69, 9.17) is 4.74 Å². The van der Waals surface area contributed by atoms with Crippen LogP contribution in [0.1, 0.15) is 31.4 Å². The molecule has 2 aromatic rings. The molecule has 3 nitrogen and oxygen atoms in total. The summed E-state index contributed by atoms with van der Waals surface area (Å²) >= 11 is 3.41. The van der Waals surface area contributed by atoms with Gasteiger partial charge in [0.2, 0.25) is 0 Å². The maximum absolute atomic E-state index is 9.35. The zero-order valence-corrected chi connectivity index (χ0v) is 16.3. The third-order valence-electron chi connectivity index (χ3n) is 4.79. The summed E-state index contributed by atoms with van der Waals surface area (Å²) in [6.07, 6.45) is 1.06. The molecule has 25 heavy (non-hydrogen) atoms. The van der Waals surface area contributed by atoms with E-state index in [1.54, 1.807) is 0 Å². The lowest BCUT2D eigenvalue weighted by atomic mass is 9.81. The van der Waals surface area contributed by atoms with Gasteiger partial charge in [-0.05, 0) is 30.2 Å². The molecule has 1 fully saturated rings. The van der Waals surface area contributed by atoms with Crippen LogP contribution in [0.15, 0.2) is 53.0 Å². The van der Waals surface area contributed by atoms with Gasteiger partial charge in [0, 0.05) is 29.5 Å². The number of nitrogens with zero attached hydrogens (tertiary/aromatic N) is 2. The van der Waals surface area contributed by atoms with Crippen molar-refractivity contribution in [2.75, 3.05) is 13.1 Å². The van der Waals surface area contributed by atoms with Gasteiger partial charge in [0.15, 0.2) is 0 Å². The Kier molecular flexibility index (Phi) is 5.46. The molecule has 0 spiro atoms. The van der Waals surface area contributed by atoms with Crippen molar-refractivity contribution >= 4 is 15.9 Å². The Labute approximate surface area is 158 Å². The quantitative estimate of drug-likeness (QED) is 0.726. The molecule has 1 aliphatic heterocycles. The summed E-state index contributed by atoms with van der Waals surface area (Å²) in [5, 5.41) is 9.35. The third kappa shape index (κ3) is 4.42. The second kappa shape index (κ2) is 7.59. The molecule has 0 N–H and O–H groups in total. The molecule has 1 saturated heterocycles. The Morgan fingerprint density at radius 3 is 2.68 bits per heavy atom. The van der Waals surface area contributed by atoms with Crippen LogP contribution in [0.4, 0.5) is 0 Å². The first-order chi connectivity index (χ1) is 12.0. The van der Waals surface area contributed by atoms with Crippen molar-refractivity contribution in [3.63, 3.8) is 0 Å². The first kappa shape index (κ1) is 18.0. The van der Waals surface area contributed by atoms with Crippen LogP contribution in [-0.2, 0) is 6.54 Å². The average Bonchev–Trinajstić information content (AvgIpc) is 2.59. The van der Waals surface area contributed by atoms with E-state index in [0.717, 1.165) is 30.5 Å². The Bertz CT molecular complexity index is 767. The first-order valence-electron chi connectivity index (χ1n) is 8.60. The number of likely N-dealkylation sites (tertiary alicyclic amines) is 1. The van der Waals surface area contributed by atoms with Gasteiger partial charge in [0.05, 0.1) is 5.56 Å². The fourth-order valence-electron chi connectivity index (χ4n) is 3.49. The van der Waals surface area contributed by atoms with Crippen LogP contribution in [0.3, 0.4) is 0 Å². The van der Waals surface area contributed by atoms with E-state index < -0.39 is 0 Å². The van der Waals surface area contributed by atoms with Gasteiger partial charge in [0.25, 0.3) is 0 Å². The molecule has 1 aliphatic rings. The molecule has 0 amide bonds. The van der Waals surface area contributed by atoms with Crippen LogP contribution in [0.5, 0.6) is 5.75 Å². The minimum Gasteiger partial charge on any atom is -0.488 e. The first-order valence-corrected chi connectivity index (χ1v) is 9.40. The SMILES string of the molecule is CC1(C)CN(Cc2ccccc2)CC[C@H]1Oc1ccc(Br)cc1C#N. The van der Waals surface area contributed by atoms with Crippen molar-refractivity contribution < 1.29 is 4.74 Å². The molecule has 130 valence electrons. The topological polar surface area (TPSA) is 36.3 Å². The summed E-state index contributed by atoms with van der Waals surface area (Å²) < 4.78 is 7.17. The lowest BCUT2D eigenvalue weighted by molar-refractivity contribution is -0.0114. The normalized spacial score (nSPS) is 20.0. The van der Waals surface area contributed by atoms with Gasteiger partial charge in [-0.2, -0.15) is 5.26 Å². The van der Waals surface area contributed by atoms with Gasteiger partial charge in [-0.1, -0.05) is 60.1 Å². The van der Waals surface area contributed by atoms with Crippen LogP contribution in [0.25, 0.3) is 0 Å². The summed E-state index contributed by atoms with van der Waals surface area (Å²) in [4.78, 5) is 2.49. The van der Waals surface area contributed by atoms with Crippen molar-refractivity contribution in [1.29, 1.82) is 5.26 Å². The highest BCUT2D eigenvalue weighted by Gasteiger charge is 2.37. The van der Waals surface area contributed by atoms with E-state index in [-0.39, 0.29) is 11.5 Å². The van der Waals surface area contributed by atoms with E-state index >= 15 is 0 Å². The highest BCUT2D eigenvalue weighted by molar-refractivity contribution is 9.10. The second-order valence-electron chi connectivity index (χ2n) is 7.33. The Morgan fingerprint density at radius 2 is 2.00 bits per heavy atom. The fraction of sp³-hybridized carbons (Fsp3) is 0.381. The van der Waals surface area contributed by atoms with Crippen LogP contribution in [-0.4, -0.2) is 24.1 Å². The van der Waals surface area contributed by atoms with E-state index in [9.17, 15) is 5.26 Å². The number of nitriles is 1. The summed E-state index contributed by atoms with van der Waals surface area (Å²) in [6, 6.07) is 18.4. The zero-order chi connectivity index (χ0) is 17.9. The number of hydrogen-bond donors (Lipinski definition) is 0. The van der Waals surface area contributed by atoms with Gasteiger partial charge in [-0.3, -0.25) is 4.90 Å². The molecule has 0 bridgehead atoms. The van der Waals surface area contributed by atoms with Gasteiger partial charge < -0.3 is 4.74 Å². The molecular formula is C21H23BrN2O. The second-order valence-corrected chi connectivity index (χ2v) is 8.25. The molecule has 0 unspecified atom stereocenters. The van der Waals surface area contributed by atoms with E-state index in [0.29, 0.717) is 11.3 Å². The van der Waals surface area contributed by atoms with Crippen molar-refractivity contribution in [3.8, 4) is 11.8 Å². The van der Waals surface area contributed by atoms with Crippen LogP contribution in [0, 0.1) is 16.7 Å². The Hall–Kier alpha value is -1.83. The predicted octanol–water partition coefficient (Wildman–Crippen LogP) is 5.00. The standard InChI is InChI=1S/C21H23BrN2O/c1-21(2)15-24(14-16-6-4-3-5-7-16)11-10-20(21)25-19-9-8-18(22)12-17(19)13-23/h3-9,12,20H,10-11,14-15H2,1-2H3/t20-/m1/s1. The lowest BCUT2D eigenvalue weighted by Crippen LogP contribution is -2.50. The zero-order valence-electron chi connectivity index (χ0n) is 14.7. The Morgan fingerprint density at radius 1 is 1.24 bits per heavy atom. The minimum absolute atomic E-state index is 0.0207. The van der Waals surface area contributed by atoms with E-state index in [1.807, 2.05) is 18.2 Å². The highest BCUT2D eigenvalue weighted by atomic mass is 79.9. The number of halogens is 1. The summed E-state index contributed by atoms with van der Waals surface area (Å²) in [5.74, 6) is 0.681.